The average molecular weight is 513 g/mol. The van der Waals surface area contributed by atoms with E-state index in [1.807, 2.05) is 19.1 Å². The lowest BCUT2D eigenvalue weighted by atomic mass is 10.1. The van der Waals surface area contributed by atoms with Crippen molar-refractivity contribution in [2.24, 2.45) is 0 Å². The summed E-state index contributed by atoms with van der Waals surface area (Å²) in [4.78, 5) is 23.2. The second kappa shape index (κ2) is 15.5. The lowest BCUT2D eigenvalue weighted by Crippen LogP contribution is -2.25. The lowest BCUT2D eigenvalue weighted by molar-refractivity contribution is -0.122. The van der Waals surface area contributed by atoms with Crippen LogP contribution in [-0.2, 0) is 27.2 Å². The van der Waals surface area contributed by atoms with Crippen LogP contribution in [0, 0.1) is 0 Å². The number of likely N-dealkylation sites (N-methyl/N-ethyl adjacent to an activating group) is 1. The Morgan fingerprint density at radius 1 is 1.03 bits per heavy atom. The molecule has 9 nitrogen and oxygen atoms in total. The molecule has 0 aliphatic carbocycles. The summed E-state index contributed by atoms with van der Waals surface area (Å²) < 4.78 is 13.5. The number of carbonyl (C=O) groups excluding carboxylic acids is 1. The van der Waals surface area contributed by atoms with Gasteiger partial charge in [0.05, 0.1) is 37.5 Å². The molecule has 3 rings (SSSR count). The predicted octanol–water partition coefficient (Wildman–Crippen LogP) is 3.78. The highest BCUT2D eigenvalue weighted by molar-refractivity contribution is 6.06. The molecule has 0 radical (unpaired) electrons. The van der Waals surface area contributed by atoms with Gasteiger partial charge in [-0.25, -0.2) is 9.97 Å². The van der Waals surface area contributed by atoms with Crippen molar-refractivity contribution in [3.63, 3.8) is 0 Å². The van der Waals surface area contributed by atoms with Crippen LogP contribution in [0.5, 0.6) is 0 Å². The van der Waals surface area contributed by atoms with Gasteiger partial charge in [0.2, 0.25) is 5.91 Å². The molecule has 0 unspecified atom stereocenters. The van der Waals surface area contributed by atoms with Crippen molar-refractivity contribution in [3.05, 3.63) is 30.1 Å². The SMILES string of the molecule is CCCCc1nc2c(N)nc3ccccc3c2n1CCCCN(C)CCOCCOCCC(=O)NCC. The molecule has 204 valence electrons. The first-order valence-corrected chi connectivity index (χ1v) is 13.7. The monoisotopic (exact) mass is 512 g/mol. The zero-order valence-corrected chi connectivity index (χ0v) is 22.8. The van der Waals surface area contributed by atoms with Gasteiger partial charge in [-0.2, -0.15) is 0 Å². The van der Waals surface area contributed by atoms with Gasteiger partial charge in [0, 0.05) is 37.9 Å². The Balaban J connectivity index is 1.43. The molecule has 3 aromatic rings. The molecular weight excluding hydrogens is 468 g/mol. The van der Waals surface area contributed by atoms with Crippen LogP contribution < -0.4 is 11.1 Å². The van der Waals surface area contributed by atoms with Crippen LogP contribution >= 0.6 is 0 Å². The summed E-state index contributed by atoms with van der Waals surface area (Å²) in [5.74, 6) is 1.65. The summed E-state index contributed by atoms with van der Waals surface area (Å²) in [6.07, 6.45) is 5.73. The van der Waals surface area contributed by atoms with Crippen LogP contribution in [0.2, 0.25) is 0 Å². The summed E-state index contributed by atoms with van der Waals surface area (Å²) in [6, 6.07) is 8.19. The van der Waals surface area contributed by atoms with Crippen molar-refractivity contribution in [1.29, 1.82) is 0 Å². The van der Waals surface area contributed by atoms with Crippen LogP contribution in [-0.4, -0.2) is 78.5 Å². The van der Waals surface area contributed by atoms with Crippen molar-refractivity contribution in [1.82, 2.24) is 24.8 Å². The number of imidazole rings is 1. The molecule has 1 aromatic carbocycles. The number of ether oxygens (including phenoxy) is 2. The standard InChI is InChI=1S/C28H44N6O3/c1-4-6-13-24-32-26-27(22-11-7-8-12-23(22)31-28(26)29)34(24)16-10-9-15-33(3)17-19-37-21-20-36-18-14-25(35)30-5-2/h7-8,11-12H,4-6,9-10,13-21H2,1-3H3,(H2,29,31)(H,30,35). The summed E-state index contributed by atoms with van der Waals surface area (Å²) in [7, 11) is 2.13. The van der Waals surface area contributed by atoms with Gasteiger partial charge >= 0.3 is 0 Å². The fraction of sp³-hybridized carbons (Fsp3) is 0.607. The summed E-state index contributed by atoms with van der Waals surface area (Å²) in [5, 5.41) is 3.87. The molecule has 0 bridgehead atoms. The molecule has 0 fully saturated rings. The molecular formula is C28H44N6O3. The fourth-order valence-electron chi connectivity index (χ4n) is 4.43. The van der Waals surface area contributed by atoms with Crippen LogP contribution in [0.15, 0.2) is 24.3 Å². The number of carbonyl (C=O) groups is 1. The van der Waals surface area contributed by atoms with Crippen molar-refractivity contribution < 1.29 is 14.3 Å². The van der Waals surface area contributed by atoms with Gasteiger partial charge in [-0.15, -0.1) is 0 Å². The zero-order chi connectivity index (χ0) is 26.5. The van der Waals surface area contributed by atoms with Gasteiger partial charge in [0.1, 0.15) is 11.3 Å². The van der Waals surface area contributed by atoms with E-state index >= 15 is 0 Å². The number of aryl methyl sites for hydroxylation is 2. The minimum atomic E-state index is 0.0259. The zero-order valence-electron chi connectivity index (χ0n) is 22.8. The van der Waals surface area contributed by atoms with Crippen molar-refractivity contribution in [2.75, 3.05) is 58.8 Å². The van der Waals surface area contributed by atoms with Crippen LogP contribution in [0.25, 0.3) is 21.9 Å². The van der Waals surface area contributed by atoms with E-state index in [4.69, 9.17) is 20.2 Å². The fourth-order valence-corrected chi connectivity index (χ4v) is 4.43. The third-order valence-corrected chi connectivity index (χ3v) is 6.45. The van der Waals surface area contributed by atoms with Gasteiger partial charge in [0.25, 0.3) is 0 Å². The summed E-state index contributed by atoms with van der Waals surface area (Å²) >= 11 is 0. The smallest absolute Gasteiger partial charge is 0.222 e. The first kappa shape index (κ1) is 28.8. The first-order chi connectivity index (χ1) is 18.0. The van der Waals surface area contributed by atoms with E-state index in [2.05, 4.69) is 45.9 Å². The number of nitrogen functional groups attached to an aromatic ring is 1. The molecule has 9 heteroatoms. The molecule has 2 aromatic heterocycles. The predicted molar refractivity (Wildman–Crippen MR) is 150 cm³/mol. The third kappa shape index (κ3) is 8.66. The molecule has 3 N–H and O–H groups in total. The number of para-hydroxylation sites is 1. The molecule has 0 saturated heterocycles. The van der Waals surface area contributed by atoms with Crippen LogP contribution in [0.3, 0.4) is 0 Å². The average Bonchev–Trinajstić information content (AvgIpc) is 3.26. The highest BCUT2D eigenvalue weighted by atomic mass is 16.5. The number of hydrogen-bond acceptors (Lipinski definition) is 7. The van der Waals surface area contributed by atoms with Crippen molar-refractivity contribution in [2.45, 2.75) is 58.9 Å². The van der Waals surface area contributed by atoms with Crippen molar-refractivity contribution >= 4 is 33.7 Å². The van der Waals surface area contributed by atoms with Crippen LogP contribution in [0.4, 0.5) is 5.82 Å². The number of benzene rings is 1. The van der Waals surface area contributed by atoms with E-state index in [-0.39, 0.29) is 5.91 Å². The highest BCUT2D eigenvalue weighted by Gasteiger charge is 2.16. The first-order valence-electron chi connectivity index (χ1n) is 13.7. The van der Waals surface area contributed by atoms with E-state index in [1.54, 1.807) is 0 Å². The number of anilines is 1. The molecule has 0 aliphatic heterocycles. The van der Waals surface area contributed by atoms with E-state index in [0.717, 1.165) is 79.5 Å². The van der Waals surface area contributed by atoms with Gasteiger partial charge in [0.15, 0.2) is 5.82 Å². The van der Waals surface area contributed by atoms with Crippen LogP contribution in [0.1, 0.15) is 51.8 Å². The van der Waals surface area contributed by atoms with Gasteiger partial charge in [-0.05, 0) is 45.8 Å². The third-order valence-electron chi connectivity index (χ3n) is 6.45. The number of unbranched alkanes of at least 4 members (excludes halogenated alkanes) is 2. The Bertz CT molecular complexity index is 1120. The molecule has 0 spiro atoms. The molecule has 37 heavy (non-hydrogen) atoms. The Morgan fingerprint density at radius 2 is 1.81 bits per heavy atom. The van der Waals surface area contributed by atoms with Gasteiger partial charge < -0.3 is 30.0 Å². The summed E-state index contributed by atoms with van der Waals surface area (Å²) in [6.45, 7) is 9.73. The van der Waals surface area contributed by atoms with E-state index in [9.17, 15) is 4.79 Å². The number of nitrogens with zero attached hydrogens (tertiary/aromatic N) is 4. The topological polar surface area (TPSA) is 108 Å². The highest BCUT2D eigenvalue weighted by Crippen LogP contribution is 2.29. The second-order valence-electron chi connectivity index (χ2n) is 9.43. The molecule has 0 atom stereocenters. The number of fused-ring (bicyclic) bond motifs is 3. The lowest BCUT2D eigenvalue weighted by Gasteiger charge is -2.17. The van der Waals surface area contributed by atoms with E-state index in [1.165, 1.54) is 0 Å². The Kier molecular flexibility index (Phi) is 12.1. The Hall–Kier alpha value is -2.75. The Labute approximate surface area is 220 Å². The minimum absolute atomic E-state index is 0.0259. The maximum Gasteiger partial charge on any atom is 0.222 e. The minimum Gasteiger partial charge on any atom is -0.382 e. The number of nitrogens with two attached hydrogens (primary N) is 1. The molecule has 0 aliphatic rings. The number of pyridine rings is 1. The maximum absolute atomic E-state index is 11.4. The van der Waals surface area contributed by atoms with Gasteiger partial charge in [-0.3, -0.25) is 4.79 Å². The quantitative estimate of drug-likeness (QED) is 0.250. The largest absolute Gasteiger partial charge is 0.382 e. The summed E-state index contributed by atoms with van der Waals surface area (Å²) in [5.41, 5.74) is 9.17. The Morgan fingerprint density at radius 3 is 2.59 bits per heavy atom. The maximum atomic E-state index is 11.4. The van der Waals surface area contributed by atoms with Gasteiger partial charge in [-0.1, -0.05) is 31.5 Å². The van der Waals surface area contributed by atoms with Crippen molar-refractivity contribution in [3.8, 4) is 0 Å². The number of hydrogen-bond donors (Lipinski definition) is 2. The number of aromatic nitrogens is 3. The molecule has 0 saturated carbocycles. The second-order valence-corrected chi connectivity index (χ2v) is 9.43. The number of amides is 1. The number of rotatable bonds is 18. The normalized spacial score (nSPS) is 11.7. The van der Waals surface area contributed by atoms with E-state index in [0.29, 0.717) is 45.2 Å². The number of nitrogens with one attached hydrogen (secondary N) is 1. The molecule has 2 heterocycles. The molecule has 1 amide bonds. The van der Waals surface area contributed by atoms with E-state index < -0.39 is 0 Å².